The Kier molecular flexibility index (Phi) is 4.58. The molecule has 0 saturated carbocycles. The molecule has 0 aliphatic carbocycles. The van der Waals surface area contributed by atoms with Crippen molar-refractivity contribution in [2.45, 2.75) is 13.0 Å². The van der Waals surface area contributed by atoms with Crippen LogP contribution in [0.4, 0.5) is 0 Å². The van der Waals surface area contributed by atoms with Gasteiger partial charge in [-0.3, -0.25) is 9.97 Å². The van der Waals surface area contributed by atoms with Crippen LogP contribution < -0.4 is 5.32 Å². The Morgan fingerprint density at radius 3 is 2.71 bits per heavy atom. The Balaban J connectivity index is 1.65. The minimum absolute atomic E-state index is 0.825. The van der Waals surface area contributed by atoms with Crippen LogP contribution in [0.15, 0.2) is 59.5 Å². The fourth-order valence-electron chi connectivity index (χ4n) is 2.34. The highest BCUT2D eigenvalue weighted by Gasteiger charge is 2.04. The van der Waals surface area contributed by atoms with Gasteiger partial charge in [0.1, 0.15) is 0 Å². The molecule has 1 N–H and O–H groups in total. The lowest BCUT2D eigenvalue weighted by Crippen LogP contribution is -2.17. The molecule has 3 aromatic rings. The Morgan fingerprint density at radius 1 is 1.00 bits per heavy atom. The summed E-state index contributed by atoms with van der Waals surface area (Å²) in [5.74, 6) is 0. The highest BCUT2D eigenvalue weighted by molar-refractivity contribution is 9.10. The van der Waals surface area contributed by atoms with E-state index in [1.54, 1.807) is 0 Å². The lowest BCUT2D eigenvalue weighted by atomic mass is 10.1. The molecule has 0 fully saturated rings. The molecule has 0 aliphatic heterocycles. The second-order valence-corrected chi connectivity index (χ2v) is 5.74. The van der Waals surface area contributed by atoms with Gasteiger partial charge in [0.25, 0.3) is 0 Å². The molecular formula is C17H16BrN3. The summed E-state index contributed by atoms with van der Waals surface area (Å²) in [6, 6.07) is 12.4. The molecular weight excluding hydrogens is 326 g/mol. The monoisotopic (exact) mass is 341 g/mol. The number of nitrogens with zero attached hydrogens (tertiary/aromatic N) is 2. The van der Waals surface area contributed by atoms with Crippen molar-refractivity contribution in [3.63, 3.8) is 0 Å². The SMILES string of the molecule is Brc1ccc(CNCCc2ccncc2)c2ncccc12. The predicted octanol–water partition coefficient (Wildman–Crippen LogP) is 3.72. The maximum atomic E-state index is 4.50. The van der Waals surface area contributed by atoms with Gasteiger partial charge in [-0.2, -0.15) is 0 Å². The van der Waals surface area contributed by atoms with Gasteiger partial charge in [-0.15, -0.1) is 0 Å². The molecule has 4 heteroatoms. The molecule has 0 bridgehead atoms. The Hall–Kier alpha value is -1.78. The van der Waals surface area contributed by atoms with Crippen LogP contribution in [0.1, 0.15) is 11.1 Å². The molecule has 0 aliphatic rings. The molecule has 3 rings (SSSR count). The van der Waals surface area contributed by atoms with E-state index in [9.17, 15) is 0 Å². The first kappa shape index (κ1) is 14.2. The average molecular weight is 342 g/mol. The van der Waals surface area contributed by atoms with Crippen LogP contribution >= 0.6 is 15.9 Å². The molecule has 2 heterocycles. The first-order valence-electron chi connectivity index (χ1n) is 6.96. The minimum Gasteiger partial charge on any atom is -0.312 e. The molecule has 1 aromatic carbocycles. The third-order valence-electron chi connectivity index (χ3n) is 3.46. The number of rotatable bonds is 5. The minimum atomic E-state index is 0.825. The van der Waals surface area contributed by atoms with Gasteiger partial charge in [-0.05, 0) is 48.4 Å². The number of fused-ring (bicyclic) bond motifs is 1. The zero-order chi connectivity index (χ0) is 14.5. The summed E-state index contributed by atoms with van der Waals surface area (Å²) in [7, 11) is 0. The molecule has 0 unspecified atom stereocenters. The fraction of sp³-hybridized carbons (Fsp3) is 0.176. The lowest BCUT2D eigenvalue weighted by molar-refractivity contribution is 0.688. The molecule has 0 amide bonds. The number of benzene rings is 1. The van der Waals surface area contributed by atoms with Crippen molar-refractivity contribution in [1.29, 1.82) is 0 Å². The highest BCUT2D eigenvalue weighted by atomic mass is 79.9. The molecule has 106 valence electrons. The molecule has 21 heavy (non-hydrogen) atoms. The molecule has 2 aromatic heterocycles. The zero-order valence-corrected chi connectivity index (χ0v) is 13.2. The normalized spacial score (nSPS) is 10.9. The highest BCUT2D eigenvalue weighted by Crippen LogP contribution is 2.25. The number of hydrogen-bond donors (Lipinski definition) is 1. The van der Waals surface area contributed by atoms with Crippen LogP contribution in [-0.2, 0) is 13.0 Å². The molecule has 0 radical (unpaired) electrons. The number of hydrogen-bond acceptors (Lipinski definition) is 3. The van der Waals surface area contributed by atoms with Gasteiger partial charge in [0.05, 0.1) is 5.52 Å². The molecule has 3 nitrogen and oxygen atoms in total. The third-order valence-corrected chi connectivity index (χ3v) is 4.15. The van der Waals surface area contributed by atoms with Crippen LogP contribution in [0.5, 0.6) is 0 Å². The van der Waals surface area contributed by atoms with E-state index in [0.717, 1.165) is 34.9 Å². The van der Waals surface area contributed by atoms with E-state index >= 15 is 0 Å². The Labute approximate surface area is 132 Å². The first-order valence-corrected chi connectivity index (χ1v) is 7.75. The van der Waals surface area contributed by atoms with E-state index in [4.69, 9.17) is 0 Å². The van der Waals surface area contributed by atoms with E-state index in [-0.39, 0.29) is 0 Å². The summed E-state index contributed by atoms with van der Waals surface area (Å²) in [5.41, 5.74) is 3.59. The van der Waals surface area contributed by atoms with Crippen LogP contribution in [0, 0.1) is 0 Å². The van der Waals surface area contributed by atoms with E-state index in [1.165, 1.54) is 11.1 Å². The maximum Gasteiger partial charge on any atom is 0.0758 e. The van der Waals surface area contributed by atoms with Crippen LogP contribution in [0.3, 0.4) is 0 Å². The van der Waals surface area contributed by atoms with Crippen molar-refractivity contribution in [2.75, 3.05) is 6.54 Å². The first-order chi connectivity index (χ1) is 10.3. The zero-order valence-electron chi connectivity index (χ0n) is 11.6. The van der Waals surface area contributed by atoms with Gasteiger partial charge < -0.3 is 5.32 Å². The topological polar surface area (TPSA) is 37.8 Å². The summed E-state index contributed by atoms with van der Waals surface area (Å²) in [5, 5.41) is 4.64. The van der Waals surface area contributed by atoms with Crippen molar-refractivity contribution in [2.24, 2.45) is 0 Å². The summed E-state index contributed by atoms with van der Waals surface area (Å²) < 4.78 is 1.09. The maximum absolute atomic E-state index is 4.50. The summed E-state index contributed by atoms with van der Waals surface area (Å²) >= 11 is 3.58. The van der Waals surface area contributed by atoms with Gasteiger partial charge in [0.15, 0.2) is 0 Å². The van der Waals surface area contributed by atoms with Gasteiger partial charge >= 0.3 is 0 Å². The van der Waals surface area contributed by atoms with E-state index in [1.807, 2.05) is 24.7 Å². The van der Waals surface area contributed by atoms with Gasteiger partial charge in [-0.25, -0.2) is 0 Å². The quantitative estimate of drug-likeness (QED) is 0.718. The van der Waals surface area contributed by atoms with E-state index in [2.05, 4.69) is 61.5 Å². The van der Waals surface area contributed by atoms with E-state index in [0.29, 0.717) is 0 Å². The number of halogens is 1. The average Bonchev–Trinajstić information content (AvgIpc) is 2.55. The number of aromatic nitrogens is 2. The van der Waals surface area contributed by atoms with Crippen molar-refractivity contribution in [1.82, 2.24) is 15.3 Å². The second-order valence-electron chi connectivity index (χ2n) is 4.89. The molecule has 0 saturated heterocycles. The summed E-state index contributed by atoms with van der Waals surface area (Å²) in [4.78, 5) is 8.53. The Bertz CT molecular complexity index is 728. The summed E-state index contributed by atoms with van der Waals surface area (Å²) in [6.45, 7) is 1.76. The largest absolute Gasteiger partial charge is 0.312 e. The fourth-order valence-corrected chi connectivity index (χ4v) is 2.80. The molecule has 0 spiro atoms. The van der Waals surface area contributed by atoms with Crippen molar-refractivity contribution in [3.05, 3.63) is 70.6 Å². The van der Waals surface area contributed by atoms with Crippen molar-refractivity contribution in [3.8, 4) is 0 Å². The smallest absolute Gasteiger partial charge is 0.0758 e. The number of pyridine rings is 2. The number of nitrogens with one attached hydrogen (secondary N) is 1. The molecule has 0 atom stereocenters. The van der Waals surface area contributed by atoms with E-state index < -0.39 is 0 Å². The second kappa shape index (κ2) is 6.78. The van der Waals surface area contributed by atoms with Crippen LogP contribution in [0.2, 0.25) is 0 Å². The van der Waals surface area contributed by atoms with Crippen molar-refractivity contribution >= 4 is 26.8 Å². The Morgan fingerprint density at radius 2 is 1.86 bits per heavy atom. The summed E-state index contributed by atoms with van der Waals surface area (Å²) in [6.07, 6.45) is 6.52. The van der Waals surface area contributed by atoms with Gasteiger partial charge in [0, 0.05) is 35.0 Å². The predicted molar refractivity (Wildman–Crippen MR) is 89.1 cm³/mol. The standard InChI is InChI=1S/C17H16BrN3/c18-16-4-3-14(17-15(16)2-1-8-21-17)12-20-11-7-13-5-9-19-10-6-13/h1-6,8-10,20H,7,11-12H2. The van der Waals surface area contributed by atoms with Gasteiger partial charge in [-0.1, -0.05) is 28.1 Å². The third kappa shape index (κ3) is 3.46. The van der Waals surface area contributed by atoms with Gasteiger partial charge in [0.2, 0.25) is 0 Å². The van der Waals surface area contributed by atoms with Crippen molar-refractivity contribution < 1.29 is 0 Å². The van der Waals surface area contributed by atoms with Crippen LogP contribution in [0.25, 0.3) is 10.9 Å². The van der Waals surface area contributed by atoms with Crippen LogP contribution in [-0.4, -0.2) is 16.5 Å². The lowest BCUT2D eigenvalue weighted by Gasteiger charge is -2.09.